The Hall–Kier alpha value is -0.620. The van der Waals surface area contributed by atoms with Crippen LogP contribution in [-0.2, 0) is 21.0 Å². The molecule has 1 unspecified atom stereocenters. The first kappa shape index (κ1) is 25.6. The van der Waals surface area contributed by atoms with Crippen molar-refractivity contribution in [3.63, 3.8) is 0 Å². The van der Waals surface area contributed by atoms with Crippen molar-refractivity contribution in [2.75, 3.05) is 18.9 Å². The maximum absolute atomic E-state index is 10.5. The van der Waals surface area contributed by atoms with Gasteiger partial charge in [-0.15, -0.1) is 11.8 Å². The fourth-order valence-corrected chi connectivity index (χ4v) is 5.26. The quantitative estimate of drug-likeness (QED) is 0.170. The van der Waals surface area contributed by atoms with E-state index in [0.29, 0.717) is 13.0 Å². The molecule has 0 aromatic heterocycles. The van der Waals surface area contributed by atoms with Gasteiger partial charge in [0.05, 0.1) is 6.61 Å². The van der Waals surface area contributed by atoms with E-state index in [1.165, 1.54) is 35.3 Å². The summed E-state index contributed by atoms with van der Waals surface area (Å²) < 4.78 is 16.3. The zero-order valence-corrected chi connectivity index (χ0v) is 21.2. The smallest absolute Gasteiger partial charge is 0.316 e. The van der Waals surface area contributed by atoms with Crippen LogP contribution < -0.4 is 5.32 Å². The maximum Gasteiger partial charge on any atom is 0.316 e. The standard InChI is InChI=1S/C23H33BrNO3PS/c1-23(2,20-9-4-3-5-10-20)13-6-7-16-30-22-12-11-19(17-21(22)24)18-25-14-8-15-28-29(26)27/h3-5,9-12,17,25,29H,6-8,13-16,18H2,1-2H3,(H,26,27). The molecular formula is C23H33BrNO3PS. The van der Waals surface area contributed by atoms with Gasteiger partial charge >= 0.3 is 8.25 Å². The van der Waals surface area contributed by atoms with Gasteiger partial charge in [0.15, 0.2) is 0 Å². The Morgan fingerprint density at radius 3 is 2.60 bits per heavy atom. The highest BCUT2D eigenvalue weighted by molar-refractivity contribution is 9.10. The lowest BCUT2D eigenvalue weighted by Gasteiger charge is -2.25. The summed E-state index contributed by atoms with van der Waals surface area (Å²) in [6, 6.07) is 17.3. The van der Waals surface area contributed by atoms with Crippen LogP contribution in [0.1, 0.15) is 50.7 Å². The van der Waals surface area contributed by atoms with Crippen molar-refractivity contribution in [1.82, 2.24) is 5.32 Å². The Kier molecular flexibility index (Phi) is 11.7. The number of benzene rings is 2. The summed E-state index contributed by atoms with van der Waals surface area (Å²) in [5.41, 5.74) is 2.86. The van der Waals surface area contributed by atoms with E-state index in [1.54, 1.807) is 0 Å². The SMILES string of the molecule is CC(C)(CCCCSc1ccc(CNCCCO[PH](=O)O)cc1Br)c1ccccc1. The van der Waals surface area contributed by atoms with Crippen LogP contribution in [0.2, 0.25) is 0 Å². The molecule has 4 nitrogen and oxygen atoms in total. The van der Waals surface area contributed by atoms with Crippen LogP contribution in [0.5, 0.6) is 0 Å². The number of hydrogen-bond donors (Lipinski definition) is 2. The van der Waals surface area contributed by atoms with E-state index in [2.05, 4.69) is 88.1 Å². The molecule has 2 rings (SSSR count). The number of hydrogen-bond acceptors (Lipinski definition) is 4. The average Bonchev–Trinajstić information content (AvgIpc) is 2.72. The third-order valence-corrected chi connectivity index (χ3v) is 7.59. The van der Waals surface area contributed by atoms with Crippen molar-refractivity contribution in [3.8, 4) is 0 Å². The molecule has 0 aliphatic carbocycles. The van der Waals surface area contributed by atoms with Crippen LogP contribution in [0.3, 0.4) is 0 Å². The molecule has 0 spiro atoms. The molecule has 2 aromatic carbocycles. The molecule has 30 heavy (non-hydrogen) atoms. The second-order valence-electron chi connectivity index (χ2n) is 7.96. The van der Waals surface area contributed by atoms with Gasteiger partial charge in [-0.3, -0.25) is 4.57 Å². The topological polar surface area (TPSA) is 58.6 Å². The van der Waals surface area contributed by atoms with Gasteiger partial charge in [-0.25, -0.2) is 0 Å². The molecule has 0 aliphatic rings. The Morgan fingerprint density at radius 2 is 1.90 bits per heavy atom. The summed E-state index contributed by atoms with van der Waals surface area (Å²) in [6.07, 6.45) is 4.35. The van der Waals surface area contributed by atoms with Gasteiger partial charge in [0, 0.05) is 15.9 Å². The minimum absolute atomic E-state index is 0.226. The minimum atomic E-state index is -2.80. The molecule has 0 amide bonds. The van der Waals surface area contributed by atoms with Crippen LogP contribution in [0.15, 0.2) is 57.9 Å². The molecule has 0 radical (unpaired) electrons. The van der Waals surface area contributed by atoms with Gasteiger partial charge in [0.2, 0.25) is 0 Å². The predicted octanol–water partition coefficient (Wildman–Crippen LogP) is 6.57. The third kappa shape index (κ3) is 9.67. The first-order valence-electron chi connectivity index (χ1n) is 10.4. The molecule has 2 N–H and O–H groups in total. The molecule has 1 atom stereocenters. The molecule has 166 valence electrons. The molecule has 0 fully saturated rings. The Bertz CT molecular complexity index is 789. The Labute approximate surface area is 194 Å². The molecule has 2 aromatic rings. The van der Waals surface area contributed by atoms with Crippen molar-refractivity contribution in [3.05, 3.63) is 64.1 Å². The largest absolute Gasteiger partial charge is 0.326 e. The van der Waals surface area contributed by atoms with Gasteiger partial charge in [-0.05, 0) is 76.2 Å². The molecule has 0 saturated carbocycles. The number of halogens is 1. The number of rotatable bonds is 14. The average molecular weight is 514 g/mol. The molecule has 7 heteroatoms. The Balaban J connectivity index is 1.65. The van der Waals surface area contributed by atoms with Crippen LogP contribution in [-0.4, -0.2) is 23.8 Å². The highest BCUT2D eigenvalue weighted by Gasteiger charge is 2.19. The number of thioether (sulfide) groups is 1. The molecule has 0 bridgehead atoms. The normalized spacial score (nSPS) is 12.8. The van der Waals surface area contributed by atoms with Crippen LogP contribution >= 0.6 is 35.9 Å². The highest BCUT2D eigenvalue weighted by atomic mass is 79.9. The van der Waals surface area contributed by atoms with E-state index in [0.717, 1.165) is 23.3 Å². The van der Waals surface area contributed by atoms with E-state index in [9.17, 15) is 4.57 Å². The van der Waals surface area contributed by atoms with Gasteiger partial charge in [-0.2, -0.15) is 0 Å². The van der Waals surface area contributed by atoms with E-state index in [-0.39, 0.29) is 5.41 Å². The molecular weight excluding hydrogens is 481 g/mol. The fraction of sp³-hybridized carbons (Fsp3) is 0.478. The summed E-state index contributed by atoms with van der Waals surface area (Å²) >= 11 is 5.61. The molecule has 0 saturated heterocycles. The van der Waals surface area contributed by atoms with Crippen molar-refractivity contribution in [1.29, 1.82) is 0 Å². The van der Waals surface area contributed by atoms with Gasteiger partial charge < -0.3 is 14.7 Å². The third-order valence-electron chi connectivity index (χ3n) is 5.06. The van der Waals surface area contributed by atoms with E-state index >= 15 is 0 Å². The van der Waals surface area contributed by atoms with E-state index < -0.39 is 8.25 Å². The van der Waals surface area contributed by atoms with Gasteiger partial charge in [-0.1, -0.05) is 56.7 Å². The van der Waals surface area contributed by atoms with Crippen LogP contribution in [0.4, 0.5) is 0 Å². The molecule has 0 aliphatic heterocycles. The van der Waals surface area contributed by atoms with Crippen molar-refractivity contribution in [2.45, 2.75) is 56.4 Å². The number of nitrogens with one attached hydrogen (secondary N) is 1. The summed E-state index contributed by atoms with van der Waals surface area (Å²) in [4.78, 5) is 9.89. The first-order chi connectivity index (χ1) is 14.4. The number of unbranched alkanes of at least 4 members (excludes halogenated alkanes) is 1. The monoisotopic (exact) mass is 513 g/mol. The summed E-state index contributed by atoms with van der Waals surface area (Å²) in [6.45, 7) is 6.50. The summed E-state index contributed by atoms with van der Waals surface area (Å²) in [7, 11) is -2.80. The fourth-order valence-electron chi connectivity index (χ4n) is 3.25. The van der Waals surface area contributed by atoms with Crippen molar-refractivity contribution in [2.24, 2.45) is 0 Å². The van der Waals surface area contributed by atoms with Crippen molar-refractivity contribution < 1.29 is 14.0 Å². The van der Waals surface area contributed by atoms with Crippen LogP contribution in [0.25, 0.3) is 0 Å². The zero-order chi connectivity index (χ0) is 21.8. The van der Waals surface area contributed by atoms with Crippen LogP contribution in [0, 0.1) is 0 Å². The van der Waals surface area contributed by atoms with Crippen molar-refractivity contribution >= 4 is 35.9 Å². The lowest BCUT2D eigenvalue weighted by molar-refractivity contribution is 0.276. The molecule has 0 heterocycles. The lowest BCUT2D eigenvalue weighted by Crippen LogP contribution is -2.16. The predicted molar refractivity (Wildman–Crippen MR) is 132 cm³/mol. The first-order valence-corrected chi connectivity index (χ1v) is 13.5. The second kappa shape index (κ2) is 13.7. The zero-order valence-electron chi connectivity index (χ0n) is 17.8. The summed E-state index contributed by atoms with van der Waals surface area (Å²) in [5.74, 6) is 1.12. The van der Waals surface area contributed by atoms with Gasteiger partial charge in [0.1, 0.15) is 0 Å². The summed E-state index contributed by atoms with van der Waals surface area (Å²) in [5, 5.41) is 3.33. The van der Waals surface area contributed by atoms with Gasteiger partial charge in [0.25, 0.3) is 0 Å². The maximum atomic E-state index is 10.5. The minimum Gasteiger partial charge on any atom is -0.326 e. The van der Waals surface area contributed by atoms with E-state index in [4.69, 9.17) is 4.89 Å². The lowest BCUT2D eigenvalue weighted by atomic mass is 9.80. The second-order valence-corrected chi connectivity index (χ2v) is 10.8. The van der Waals surface area contributed by atoms with E-state index in [1.807, 2.05) is 11.8 Å². The highest BCUT2D eigenvalue weighted by Crippen LogP contribution is 2.32. The Morgan fingerprint density at radius 1 is 1.13 bits per heavy atom.